The molecule has 6 nitrogen and oxygen atoms in total. The minimum Gasteiger partial charge on any atom is -0.336 e. The highest BCUT2D eigenvalue weighted by Gasteiger charge is 2.53. The molecule has 0 aliphatic carbocycles. The summed E-state index contributed by atoms with van der Waals surface area (Å²) < 4.78 is 14.0. The minimum atomic E-state index is -1.15. The molecular formula is C21H20FN3O3. The Balaban J connectivity index is 1.55. The lowest BCUT2D eigenvalue weighted by Crippen LogP contribution is -2.59. The minimum absolute atomic E-state index is 0.0301. The first-order valence-corrected chi connectivity index (χ1v) is 9.22. The van der Waals surface area contributed by atoms with E-state index < -0.39 is 23.3 Å². The molecule has 0 aromatic heterocycles. The predicted octanol–water partition coefficient (Wildman–Crippen LogP) is 2.55. The number of nitrogens with one attached hydrogen (secondary N) is 1. The lowest BCUT2D eigenvalue weighted by molar-refractivity contribution is -0.133. The first-order chi connectivity index (χ1) is 13.5. The van der Waals surface area contributed by atoms with Crippen molar-refractivity contribution in [2.75, 3.05) is 13.1 Å². The van der Waals surface area contributed by atoms with Gasteiger partial charge in [-0.05, 0) is 30.5 Å². The lowest BCUT2D eigenvalue weighted by atomic mass is 9.88. The normalized spacial score (nSPS) is 21.9. The highest BCUT2D eigenvalue weighted by Crippen LogP contribution is 2.30. The van der Waals surface area contributed by atoms with E-state index in [1.807, 2.05) is 30.3 Å². The number of carbonyl (C=O) groups is 3. The third-order valence-electron chi connectivity index (χ3n) is 5.31. The summed E-state index contributed by atoms with van der Waals surface area (Å²) in [5, 5.41) is 2.79. The van der Waals surface area contributed by atoms with E-state index in [0.29, 0.717) is 19.4 Å². The molecule has 4 rings (SSSR count). The number of hydrogen-bond acceptors (Lipinski definition) is 3. The van der Waals surface area contributed by atoms with Gasteiger partial charge in [0.2, 0.25) is 0 Å². The van der Waals surface area contributed by atoms with Crippen LogP contribution in [0.2, 0.25) is 0 Å². The highest BCUT2D eigenvalue weighted by atomic mass is 19.1. The highest BCUT2D eigenvalue weighted by molar-refractivity contribution is 6.07. The van der Waals surface area contributed by atoms with Gasteiger partial charge in [-0.1, -0.05) is 42.5 Å². The Morgan fingerprint density at radius 3 is 2.54 bits per heavy atom. The first-order valence-electron chi connectivity index (χ1n) is 9.22. The molecule has 0 unspecified atom stereocenters. The molecule has 2 aromatic carbocycles. The number of halogens is 1. The van der Waals surface area contributed by atoms with Gasteiger partial charge < -0.3 is 10.2 Å². The van der Waals surface area contributed by atoms with Crippen LogP contribution in [0.1, 0.15) is 28.8 Å². The Morgan fingerprint density at radius 1 is 1.07 bits per heavy atom. The molecule has 4 amide bonds. The van der Waals surface area contributed by atoms with E-state index in [4.69, 9.17) is 0 Å². The molecule has 0 bridgehead atoms. The standard InChI is InChI=1S/C21H20FN3O3/c22-17-10-5-4-9-16(17)18(26)24-12-6-11-21(14-24)19(27)25(20(28)23-21)13-15-7-2-1-3-8-15/h1-5,7-10H,6,11-14H2,(H,23,28)/t21-/m0/s1. The Bertz CT molecular complexity index is 934. The van der Waals surface area contributed by atoms with Crippen molar-refractivity contribution in [2.24, 2.45) is 0 Å². The Hall–Kier alpha value is -3.22. The molecule has 7 heteroatoms. The molecule has 28 heavy (non-hydrogen) atoms. The second-order valence-electron chi connectivity index (χ2n) is 7.20. The maximum Gasteiger partial charge on any atom is 0.325 e. The van der Waals surface area contributed by atoms with E-state index in [0.717, 1.165) is 5.56 Å². The maximum atomic E-state index is 14.0. The molecule has 1 spiro atoms. The number of imide groups is 1. The smallest absolute Gasteiger partial charge is 0.325 e. The van der Waals surface area contributed by atoms with Crippen LogP contribution in [0.5, 0.6) is 0 Å². The van der Waals surface area contributed by atoms with Crippen LogP contribution >= 0.6 is 0 Å². The largest absolute Gasteiger partial charge is 0.336 e. The molecule has 2 heterocycles. The van der Waals surface area contributed by atoms with E-state index in [1.165, 1.54) is 28.0 Å². The fraction of sp³-hybridized carbons (Fsp3) is 0.286. The molecule has 2 fully saturated rings. The molecule has 0 radical (unpaired) electrons. The zero-order valence-electron chi connectivity index (χ0n) is 15.2. The second kappa shape index (κ2) is 7.07. The van der Waals surface area contributed by atoms with E-state index in [9.17, 15) is 18.8 Å². The Kier molecular flexibility index (Phi) is 4.58. The number of rotatable bonds is 3. The average Bonchev–Trinajstić information content (AvgIpc) is 2.92. The van der Waals surface area contributed by atoms with Crippen LogP contribution in [0.4, 0.5) is 9.18 Å². The SMILES string of the molecule is O=C(c1ccccc1F)N1CCC[C@@]2(C1)NC(=O)N(Cc1ccccc1)C2=O. The molecular weight excluding hydrogens is 361 g/mol. The van der Waals surface area contributed by atoms with E-state index in [1.54, 1.807) is 6.07 Å². The zero-order valence-corrected chi connectivity index (χ0v) is 15.2. The van der Waals surface area contributed by atoms with E-state index in [-0.39, 0.29) is 24.6 Å². The predicted molar refractivity (Wildman–Crippen MR) is 99.8 cm³/mol. The van der Waals surface area contributed by atoms with Crippen LogP contribution in [0.25, 0.3) is 0 Å². The fourth-order valence-electron chi connectivity index (χ4n) is 3.90. The number of hydrogen-bond donors (Lipinski definition) is 1. The fourth-order valence-corrected chi connectivity index (χ4v) is 3.90. The van der Waals surface area contributed by atoms with Gasteiger partial charge >= 0.3 is 6.03 Å². The second-order valence-corrected chi connectivity index (χ2v) is 7.20. The Labute approximate surface area is 161 Å². The summed E-state index contributed by atoms with van der Waals surface area (Å²) >= 11 is 0. The first kappa shape index (κ1) is 18.2. The van der Waals surface area contributed by atoms with E-state index >= 15 is 0 Å². The van der Waals surface area contributed by atoms with Gasteiger partial charge in [-0.25, -0.2) is 9.18 Å². The number of likely N-dealkylation sites (tertiary alicyclic amines) is 1. The lowest BCUT2D eigenvalue weighted by Gasteiger charge is -2.38. The van der Waals surface area contributed by atoms with Crippen LogP contribution in [0.15, 0.2) is 54.6 Å². The topological polar surface area (TPSA) is 69.7 Å². The van der Waals surface area contributed by atoms with Crippen molar-refractivity contribution >= 4 is 17.8 Å². The summed E-state index contributed by atoms with van der Waals surface area (Å²) in [6.45, 7) is 0.626. The van der Waals surface area contributed by atoms with E-state index in [2.05, 4.69) is 5.32 Å². The van der Waals surface area contributed by atoms with Crippen molar-refractivity contribution < 1.29 is 18.8 Å². The number of carbonyl (C=O) groups excluding carboxylic acids is 3. The quantitative estimate of drug-likeness (QED) is 0.831. The van der Waals surface area contributed by atoms with Crippen LogP contribution in [0, 0.1) is 5.82 Å². The monoisotopic (exact) mass is 381 g/mol. The third kappa shape index (κ3) is 3.13. The zero-order chi connectivity index (χ0) is 19.7. The molecule has 0 saturated carbocycles. The summed E-state index contributed by atoms with van der Waals surface area (Å²) in [4.78, 5) is 41.0. The van der Waals surface area contributed by atoms with Crippen molar-refractivity contribution in [2.45, 2.75) is 24.9 Å². The number of urea groups is 1. The summed E-state index contributed by atoms with van der Waals surface area (Å²) in [7, 11) is 0. The number of benzene rings is 2. The van der Waals surface area contributed by atoms with Gasteiger partial charge in [-0.3, -0.25) is 14.5 Å². The molecule has 1 atom stereocenters. The average molecular weight is 381 g/mol. The number of amides is 4. The van der Waals surface area contributed by atoms with Gasteiger partial charge in [0.05, 0.1) is 18.7 Å². The molecule has 144 valence electrons. The van der Waals surface area contributed by atoms with Gasteiger partial charge in [0.25, 0.3) is 11.8 Å². The summed E-state index contributed by atoms with van der Waals surface area (Å²) in [5.41, 5.74) is -0.332. The molecule has 2 aromatic rings. The van der Waals surface area contributed by atoms with Gasteiger partial charge in [-0.2, -0.15) is 0 Å². The summed E-state index contributed by atoms with van der Waals surface area (Å²) in [6.07, 6.45) is 0.995. The third-order valence-corrected chi connectivity index (χ3v) is 5.31. The van der Waals surface area contributed by atoms with Crippen LogP contribution in [-0.4, -0.2) is 46.3 Å². The molecule has 2 aliphatic heterocycles. The number of nitrogens with zero attached hydrogens (tertiary/aromatic N) is 2. The van der Waals surface area contributed by atoms with Crippen LogP contribution in [-0.2, 0) is 11.3 Å². The van der Waals surface area contributed by atoms with Crippen molar-refractivity contribution in [3.8, 4) is 0 Å². The van der Waals surface area contributed by atoms with Gasteiger partial charge in [0, 0.05) is 6.54 Å². The van der Waals surface area contributed by atoms with Gasteiger partial charge in [0.1, 0.15) is 11.4 Å². The van der Waals surface area contributed by atoms with Crippen molar-refractivity contribution in [3.63, 3.8) is 0 Å². The molecule has 1 N–H and O–H groups in total. The maximum absolute atomic E-state index is 14.0. The van der Waals surface area contributed by atoms with Crippen molar-refractivity contribution in [3.05, 3.63) is 71.5 Å². The Morgan fingerprint density at radius 2 is 1.79 bits per heavy atom. The van der Waals surface area contributed by atoms with Crippen LogP contribution < -0.4 is 5.32 Å². The molecule has 2 aliphatic rings. The van der Waals surface area contributed by atoms with Gasteiger partial charge in [-0.15, -0.1) is 0 Å². The summed E-state index contributed by atoms with van der Waals surface area (Å²) in [5.74, 6) is -1.41. The van der Waals surface area contributed by atoms with Gasteiger partial charge in [0.15, 0.2) is 0 Å². The number of piperidine rings is 1. The summed E-state index contributed by atoms with van der Waals surface area (Å²) in [6, 6.07) is 14.6. The van der Waals surface area contributed by atoms with Crippen LogP contribution in [0.3, 0.4) is 0 Å². The van der Waals surface area contributed by atoms with Crippen molar-refractivity contribution in [1.29, 1.82) is 0 Å². The molecule has 2 saturated heterocycles. The van der Waals surface area contributed by atoms with Crippen molar-refractivity contribution in [1.82, 2.24) is 15.1 Å².